The fourth-order valence-electron chi connectivity index (χ4n) is 3.01. The summed E-state index contributed by atoms with van der Waals surface area (Å²) in [4.78, 5) is 25.1. The zero-order chi connectivity index (χ0) is 20.1. The predicted molar refractivity (Wildman–Crippen MR) is 102 cm³/mol. The molecule has 0 bridgehead atoms. The Kier molecular flexibility index (Phi) is 7.00. The summed E-state index contributed by atoms with van der Waals surface area (Å²) in [6.07, 6.45) is 0. The van der Waals surface area contributed by atoms with Gasteiger partial charge >= 0.3 is 11.9 Å². The molecule has 1 aromatic carbocycles. The summed E-state index contributed by atoms with van der Waals surface area (Å²) in [7, 11) is 1.25. The molecule has 27 heavy (non-hydrogen) atoms. The molecule has 0 fully saturated rings. The van der Waals surface area contributed by atoms with E-state index >= 15 is 0 Å². The van der Waals surface area contributed by atoms with E-state index in [0.717, 1.165) is 0 Å². The van der Waals surface area contributed by atoms with Crippen molar-refractivity contribution in [3.05, 3.63) is 57.6 Å². The molecular weight excluding hydrogens is 420 g/mol. The third-order valence-electron chi connectivity index (χ3n) is 4.12. The number of halogens is 1. The van der Waals surface area contributed by atoms with E-state index in [0.29, 0.717) is 22.3 Å². The van der Waals surface area contributed by atoms with Crippen LogP contribution in [0.3, 0.4) is 0 Å². The topological polar surface area (TPSA) is 111 Å². The average Bonchev–Trinajstić information content (AvgIpc) is 2.64. The number of ether oxygens (including phenoxy) is 2. The van der Waals surface area contributed by atoms with Gasteiger partial charge in [0.05, 0.1) is 29.9 Å². The largest absolute Gasteiger partial charge is 0.733 e. The highest BCUT2D eigenvalue weighted by molar-refractivity contribution is 9.09. The van der Waals surface area contributed by atoms with Gasteiger partial charge in [-0.15, -0.1) is 0 Å². The molecule has 0 saturated carbocycles. The second-order valence-corrected chi connectivity index (χ2v) is 6.61. The molecular formula is C18H20BrN2O6-. The molecule has 1 aliphatic rings. The highest BCUT2D eigenvalue weighted by Crippen LogP contribution is 2.40. The van der Waals surface area contributed by atoms with Crippen LogP contribution < -0.4 is 10.5 Å². The lowest BCUT2D eigenvalue weighted by molar-refractivity contribution is -0.138. The van der Waals surface area contributed by atoms with E-state index in [4.69, 9.17) is 9.47 Å². The van der Waals surface area contributed by atoms with Crippen LogP contribution >= 0.6 is 15.9 Å². The Morgan fingerprint density at radius 3 is 2.44 bits per heavy atom. The van der Waals surface area contributed by atoms with Crippen LogP contribution in [-0.2, 0) is 19.1 Å². The summed E-state index contributed by atoms with van der Waals surface area (Å²) in [5.74, 6) is -2.02. The smallest absolute Gasteiger partial charge is 0.336 e. The first-order chi connectivity index (χ1) is 12.8. The zero-order valence-corrected chi connectivity index (χ0v) is 16.7. The molecule has 2 rings (SSSR count). The fraction of sp³-hybridized carbons (Fsp3) is 0.333. The Bertz CT molecular complexity index is 803. The summed E-state index contributed by atoms with van der Waals surface area (Å²) in [5, 5.41) is 23.7. The average molecular weight is 440 g/mol. The lowest BCUT2D eigenvalue weighted by Crippen LogP contribution is -2.32. The van der Waals surface area contributed by atoms with Crippen LogP contribution in [0.1, 0.15) is 25.3 Å². The van der Waals surface area contributed by atoms with E-state index in [1.165, 1.54) is 19.2 Å². The van der Waals surface area contributed by atoms with Crippen molar-refractivity contribution in [2.45, 2.75) is 19.8 Å². The molecule has 146 valence electrons. The van der Waals surface area contributed by atoms with Gasteiger partial charge in [0.25, 0.3) is 0 Å². The highest BCUT2D eigenvalue weighted by atomic mass is 79.9. The van der Waals surface area contributed by atoms with Gasteiger partial charge in [-0.1, -0.05) is 28.1 Å². The van der Waals surface area contributed by atoms with E-state index in [1.807, 2.05) is 0 Å². The maximum atomic E-state index is 12.7. The highest BCUT2D eigenvalue weighted by Gasteiger charge is 2.37. The molecule has 1 heterocycles. The SMILES string of the molecule is COC(=O)C1=C(C)NC(C)=C(C(=O)OCCBr)[C@@H]1c1cccc(N([O-])O)c1. The number of alkyl halides is 1. The number of rotatable bonds is 6. The molecule has 2 N–H and O–H groups in total. The number of nitrogens with zero attached hydrogens (tertiary/aromatic N) is 1. The van der Waals surface area contributed by atoms with Gasteiger partial charge in [-0.25, -0.2) is 9.59 Å². The van der Waals surface area contributed by atoms with Crippen LogP contribution in [0.4, 0.5) is 5.69 Å². The number of dihydropyridines is 1. The summed E-state index contributed by atoms with van der Waals surface area (Å²) in [6, 6.07) is 6.02. The van der Waals surface area contributed by atoms with Crippen LogP contribution in [0, 0.1) is 5.21 Å². The Labute approximate surface area is 165 Å². The number of carbonyl (C=O) groups excluding carboxylic acids is 2. The maximum absolute atomic E-state index is 12.7. The third-order valence-corrected chi connectivity index (χ3v) is 4.44. The van der Waals surface area contributed by atoms with E-state index in [-0.39, 0.29) is 28.7 Å². The molecule has 0 amide bonds. The minimum absolute atomic E-state index is 0.0290. The first kappa shape index (κ1) is 20.9. The van der Waals surface area contributed by atoms with E-state index in [1.54, 1.807) is 26.0 Å². The van der Waals surface area contributed by atoms with Crippen molar-refractivity contribution in [3.8, 4) is 0 Å². The predicted octanol–water partition coefficient (Wildman–Crippen LogP) is 2.73. The van der Waals surface area contributed by atoms with Crippen molar-refractivity contribution >= 4 is 33.6 Å². The number of methoxy groups -OCH3 is 1. The van der Waals surface area contributed by atoms with Crippen molar-refractivity contribution < 1.29 is 24.3 Å². The Hall–Kier alpha value is -2.36. The lowest BCUT2D eigenvalue weighted by Gasteiger charge is -2.31. The minimum atomic E-state index is -0.818. The van der Waals surface area contributed by atoms with Crippen LogP contribution in [0.5, 0.6) is 0 Å². The van der Waals surface area contributed by atoms with E-state index in [2.05, 4.69) is 21.2 Å². The number of nitrogens with one attached hydrogen (secondary N) is 1. The summed E-state index contributed by atoms with van der Waals surface area (Å²) in [6.45, 7) is 3.55. The number of esters is 2. The monoisotopic (exact) mass is 439 g/mol. The van der Waals surface area contributed by atoms with Crippen molar-refractivity contribution in [2.24, 2.45) is 0 Å². The second-order valence-electron chi connectivity index (χ2n) is 5.82. The van der Waals surface area contributed by atoms with Gasteiger partial charge in [0.1, 0.15) is 6.61 Å². The fourth-order valence-corrected chi connectivity index (χ4v) is 3.17. The van der Waals surface area contributed by atoms with Gasteiger partial charge < -0.3 is 25.2 Å². The summed E-state index contributed by atoms with van der Waals surface area (Å²) < 4.78 is 10.1. The van der Waals surface area contributed by atoms with Gasteiger partial charge in [-0.3, -0.25) is 5.21 Å². The van der Waals surface area contributed by atoms with E-state index < -0.39 is 17.9 Å². The number of anilines is 1. The Balaban J connectivity index is 2.64. The molecule has 1 aliphatic heterocycles. The first-order valence-electron chi connectivity index (χ1n) is 8.07. The summed E-state index contributed by atoms with van der Waals surface area (Å²) in [5.41, 5.74) is 1.94. The van der Waals surface area contributed by atoms with Crippen molar-refractivity contribution in [2.75, 3.05) is 24.3 Å². The number of carbonyl (C=O) groups is 2. The third kappa shape index (κ3) is 4.49. The zero-order valence-electron chi connectivity index (χ0n) is 15.1. The molecule has 9 heteroatoms. The number of benzene rings is 1. The molecule has 0 aliphatic carbocycles. The quantitative estimate of drug-likeness (QED) is 0.395. The molecule has 0 unspecified atom stereocenters. The lowest BCUT2D eigenvalue weighted by atomic mass is 9.80. The van der Waals surface area contributed by atoms with Crippen LogP contribution in [-0.4, -0.2) is 36.2 Å². The second kappa shape index (κ2) is 9.03. The molecule has 1 aromatic rings. The first-order valence-corrected chi connectivity index (χ1v) is 9.20. The molecule has 0 aromatic heterocycles. The van der Waals surface area contributed by atoms with E-state index in [9.17, 15) is 20.0 Å². The van der Waals surface area contributed by atoms with Gasteiger partial charge in [0.15, 0.2) is 0 Å². The molecule has 0 radical (unpaired) electrons. The Morgan fingerprint density at radius 1 is 1.26 bits per heavy atom. The summed E-state index contributed by atoms with van der Waals surface area (Å²) >= 11 is 3.20. The van der Waals surface area contributed by atoms with Crippen molar-refractivity contribution in [1.29, 1.82) is 0 Å². The molecule has 0 saturated heterocycles. The van der Waals surface area contributed by atoms with Crippen molar-refractivity contribution in [3.63, 3.8) is 0 Å². The normalized spacial score (nSPS) is 16.7. The van der Waals surface area contributed by atoms with Gasteiger partial charge in [-0.2, -0.15) is 0 Å². The minimum Gasteiger partial charge on any atom is -0.733 e. The standard InChI is InChI=1S/C18H20BrN2O6/c1-10-14(17(22)26-3)16(12-5-4-6-13(9-12)21(24)25)15(11(2)20-10)18(23)27-8-7-19/h4-6,9,16,20,24H,7-8H2,1-3H3/q-1/t16-/m1/s1. The molecule has 1 atom stereocenters. The number of hydrogen-bond donors (Lipinski definition) is 2. The van der Waals surface area contributed by atoms with Gasteiger partial charge in [0.2, 0.25) is 0 Å². The van der Waals surface area contributed by atoms with Crippen LogP contribution in [0.15, 0.2) is 46.8 Å². The number of hydrogen-bond acceptors (Lipinski definition) is 8. The molecule has 8 nitrogen and oxygen atoms in total. The molecule has 0 spiro atoms. The van der Waals surface area contributed by atoms with Crippen molar-refractivity contribution in [1.82, 2.24) is 5.32 Å². The van der Waals surface area contributed by atoms with Crippen LogP contribution in [0.2, 0.25) is 0 Å². The van der Waals surface area contributed by atoms with Gasteiger partial charge in [-0.05, 0) is 31.5 Å². The Morgan fingerprint density at radius 2 is 1.89 bits per heavy atom. The van der Waals surface area contributed by atoms with Crippen LogP contribution in [0.25, 0.3) is 0 Å². The maximum Gasteiger partial charge on any atom is 0.336 e. The number of allylic oxidation sites excluding steroid dienone is 2. The van der Waals surface area contributed by atoms with Gasteiger partial charge in [0, 0.05) is 16.7 Å².